The van der Waals surface area contributed by atoms with Crippen molar-refractivity contribution in [3.8, 4) is 0 Å². The molecule has 0 aliphatic carbocycles. The maximum atomic E-state index is 14.1. The monoisotopic (exact) mass is 358 g/mol. The summed E-state index contributed by atoms with van der Waals surface area (Å²) in [4.78, 5) is 37.8. The van der Waals surface area contributed by atoms with Gasteiger partial charge >= 0.3 is 11.9 Å². The fourth-order valence-corrected chi connectivity index (χ4v) is 2.84. The van der Waals surface area contributed by atoms with E-state index in [1.165, 1.54) is 43.5 Å². The number of allylic oxidation sites excluding steroid dienone is 2. The first-order chi connectivity index (χ1) is 12.5. The van der Waals surface area contributed by atoms with Crippen LogP contribution >= 0.6 is 0 Å². The maximum absolute atomic E-state index is 14.1. The molecule has 1 aromatic rings. The number of hydrogen-bond donors (Lipinski definition) is 1. The number of carbonyl (C=O) groups excluding carboxylic acids is 3. The SMILES string of the molecule is COC(=O)C1=C(C(=O)OC)N(c2cc(F)cc3c2CNC3=O)C=CC=C1. The lowest BCUT2D eigenvalue weighted by molar-refractivity contribution is -0.139. The molecule has 26 heavy (non-hydrogen) atoms. The van der Waals surface area contributed by atoms with Crippen LogP contribution in [-0.2, 0) is 25.6 Å². The Morgan fingerprint density at radius 1 is 1.15 bits per heavy atom. The quantitative estimate of drug-likeness (QED) is 0.826. The molecule has 2 aliphatic rings. The van der Waals surface area contributed by atoms with Crippen LogP contribution in [-0.4, -0.2) is 32.1 Å². The Balaban J connectivity index is 2.26. The van der Waals surface area contributed by atoms with Crippen LogP contribution in [0.3, 0.4) is 0 Å². The highest BCUT2D eigenvalue weighted by molar-refractivity contribution is 6.06. The third-order valence-corrected chi connectivity index (χ3v) is 4.01. The second-order valence-corrected chi connectivity index (χ2v) is 5.45. The van der Waals surface area contributed by atoms with Gasteiger partial charge in [-0.15, -0.1) is 0 Å². The molecule has 0 aromatic heterocycles. The number of hydrogen-bond acceptors (Lipinski definition) is 6. The van der Waals surface area contributed by atoms with E-state index in [1.807, 2.05) is 0 Å². The van der Waals surface area contributed by atoms with Crippen LogP contribution in [0.4, 0.5) is 10.1 Å². The summed E-state index contributed by atoms with van der Waals surface area (Å²) < 4.78 is 23.7. The molecule has 0 saturated carbocycles. The lowest BCUT2D eigenvalue weighted by Gasteiger charge is -2.25. The van der Waals surface area contributed by atoms with E-state index >= 15 is 0 Å². The molecule has 7 nitrogen and oxygen atoms in total. The molecule has 2 aliphatic heterocycles. The molecule has 0 radical (unpaired) electrons. The molecule has 8 heteroatoms. The largest absolute Gasteiger partial charge is 0.465 e. The Kier molecular flexibility index (Phi) is 4.57. The van der Waals surface area contributed by atoms with Gasteiger partial charge in [0.25, 0.3) is 5.91 Å². The minimum Gasteiger partial charge on any atom is -0.465 e. The molecule has 2 heterocycles. The Morgan fingerprint density at radius 2 is 1.88 bits per heavy atom. The van der Waals surface area contributed by atoms with E-state index in [9.17, 15) is 18.8 Å². The highest BCUT2D eigenvalue weighted by Gasteiger charge is 2.32. The number of nitrogens with one attached hydrogen (secondary N) is 1. The minimum atomic E-state index is -0.808. The molecule has 1 N–H and O–H groups in total. The molecule has 1 aromatic carbocycles. The molecular formula is C18H15FN2O5. The summed E-state index contributed by atoms with van der Waals surface area (Å²) in [5.74, 6) is -2.62. The number of ether oxygens (including phenoxy) is 2. The summed E-state index contributed by atoms with van der Waals surface area (Å²) in [6.45, 7) is 0.170. The topological polar surface area (TPSA) is 84.9 Å². The summed E-state index contributed by atoms with van der Waals surface area (Å²) in [7, 11) is 2.35. The van der Waals surface area contributed by atoms with Crippen LogP contribution in [0.15, 0.2) is 47.8 Å². The average Bonchev–Trinajstić information content (AvgIpc) is 2.88. The lowest BCUT2D eigenvalue weighted by atomic mass is 10.1. The van der Waals surface area contributed by atoms with E-state index in [0.717, 1.165) is 6.07 Å². The van der Waals surface area contributed by atoms with E-state index in [4.69, 9.17) is 9.47 Å². The van der Waals surface area contributed by atoms with Crippen LogP contribution in [0.5, 0.6) is 0 Å². The number of rotatable bonds is 3. The summed E-state index contributed by atoms with van der Waals surface area (Å²) >= 11 is 0. The van der Waals surface area contributed by atoms with Gasteiger partial charge in [-0.05, 0) is 24.3 Å². The zero-order chi connectivity index (χ0) is 18.8. The number of halogens is 1. The van der Waals surface area contributed by atoms with Gasteiger partial charge < -0.3 is 19.7 Å². The third kappa shape index (κ3) is 2.85. The predicted octanol–water partition coefficient (Wildman–Crippen LogP) is 1.56. The predicted molar refractivity (Wildman–Crippen MR) is 89.4 cm³/mol. The van der Waals surface area contributed by atoms with Gasteiger partial charge in [-0.3, -0.25) is 4.79 Å². The number of carbonyl (C=O) groups is 3. The summed E-state index contributed by atoms with van der Waals surface area (Å²) in [6, 6.07) is 2.32. The van der Waals surface area contributed by atoms with Gasteiger partial charge in [-0.2, -0.15) is 0 Å². The first-order valence-corrected chi connectivity index (χ1v) is 7.63. The number of esters is 2. The van der Waals surface area contributed by atoms with Gasteiger partial charge in [0.1, 0.15) is 11.5 Å². The zero-order valence-corrected chi connectivity index (χ0v) is 14.0. The van der Waals surface area contributed by atoms with E-state index in [1.54, 1.807) is 6.08 Å². The molecule has 0 bridgehead atoms. The molecule has 3 rings (SSSR count). The van der Waals surface area contributed by atoms with Gasteiger partial charge in [0.05, 0.1) is 25.5 Å². The molecule has 134 valence electrons. The zero-order valence-electron chi connectivity index (χ0n) is 14.0. The highest BCUT2D eigenvalue weighted by Crippen LogP contribution is 2.34. The second kappa shape index (κ2) is 6.83. The summed E-state index contributed by atoms with van der Waals surface area (Å²) in [5, 5.41) is 2.61. The number of anilines is 1. The van der Waals surface area contributed by atoms with Crippen LogP contribution in [0.2, 0.25) is 0 Å². The van der Waals surface area contributed by atoms with Crippen molar-refractivity contribution in [2.75, 3.05) is 19.1 Å². The highest BCUT2D eigenvalue weighted by atomic mass is 19.1. The van der Waals surface area contributed by atoms with E-state index < -0.39 is 23.7 Å². The van der Waals surface area contributed by atoms with E-state index in [2.05, 4.69) is 5.32 Å². The van der Waals surface area contributed by atoms with Crippen molar-refractivity contribution < 1.29 is 28.2 Å². The fraction of sp³-hybridized carbons (Fsp3) is 0.167. The Hall–Kier alpha value is -3.42. The molecule has 0 atom stereocenters. The number of amides is 1. The van der Waals surface area contributed by atoms with Crippen LogP contribution in [0, 0.1) is 5.82 Å². The number of nitrogens with zero attached hydrogens (tertiary/aromatic N) is 1. The molecule has 1 amide bonds. The minimum absolute atomic E-state index is 0.0559. The van der Waals surface area contributed by atoms with Crippen LogP contribution in [0.1, 0.15) is 15.9 Å². The van der Waals surface area contributed by atoms with Crippen LogP contribution < -0.4 is 10.2 Å². The van der Waals surface area contributed by atoms with Gasteiger partial charge in [-0.25, -0.2) is 14.0 Å². The second-order valence-electron chi connectivity index (χ2n) is 5.45. The lowest BCUT2D eigenvalue weighted by Crippen LogP contribution is -2.27. The van der Waals surface area contributed by atoms with Gasteiger partial charge in [-0.1, -0.05) is 6.08 Å². The van der Waals surface area contributed by atoms with Crippen molar-refractivity contribution >= 4 is 23.5 Å². The Labute approximate surface area is 148 Å². The van der Waals surface area contributed by atoms with Crippen LogP contribution in [0.25, 0.3) is 0 Å². The summed E-state index contributed by atoms with van der Waals surface area (Å²) in [6.07, 6.45) is 5.99. The number of benzene rings is 1. The first kappa shape index (κ1) is 17.4. The molecule has 0 saturated heterocycles. The normalized spacial score (nSPS) is 15.5. The van der Waals surface area contributed by atoms with Crippen molar-refractivity contribution in [2.45, 2.75) is 6.54 Å². The molecule has 0 unspecified atom stereocenters. The average molecular weight is 358 g/mol. The molecule has 0 spiro atoms. The molecular weight excluding hydrogens is 343 g/mol. The first-order valence-electron chi connectivity index (χ1n) is 7.63. The van der Waals surface area contributed by atoms with Crippen molar-refractivity contribution in [1.29, 1.82) is 0 Å². The van der Waals surface area contributed by atoms with Gasteiger partial charge in [0.15, 0.2) is 0 Å². The fourth-order valence-electron chi connectivity index (χ4n) is 2.84. The maximum Gasteiger partial charge on any atom is 0.355 e. The van der Waals surface area contributed by atoms with Crippen molar-refractivity contribution in [2.24, 2.45) is 0 Å². The van der Waals surface area contributed by atoms with E-state index in [0.29, 0.717) is 5.56 Å². The Morgan fingerprint density at radius 3 is 2.58 bits per heavy atom. The number of methoxy groups -OCH3 is 2. The van der Waals surface area contributed by atoms with Crippen molar-refractivity contribution in [3.63, 3.8) is 0 Å². The van der Waals surface area contributed by atoms with Crippen molar-refractivity contribution in [1.82, 2.24) is 5.32 Å². The van der Waals surface area contributed by atoms with E-state index in [-0.39, 0.29) is 29.1 Å². The molecule has 0 fully saturated rings. The van der Waals surface area contributed by atoms with Crippen molar-refractivity contribution in [3.05, 3.63) is 64.8 Å². The Bertz CT molecular complexity index is 901. The standard InChI is InChI=1S/C18H15FN2O5/c1-25-17(23)11-5-3-4-6-21(15(11)18(24)26-2)14-8-10(19)7-12-13(14)9-20-16(12)22/h3-8H,9H2,1-2H3,(H,20,22). The van der Waals surface area contributed by atoms with Gasteiger partial charge in [0.2, 0.25) is 0 Å². The third-order valence-electron chi connectivity index (χ3n) is 4.01. The smallest absolute Gasteiger partial charge is 0.355 e. The van der Waals surface area contributed by atoms with Gasteiger partial charge in [0, 0.05) is 23.9 Å². The number of fused-ring (bicyclic) bond motifs is 1. The summed E-state index contributed by atoms with van der Waals surface area (Å²) in [5.41, 5.74) is 0.735.